The average molecular weight is 530 g/mol. The molecule has 1 atom stereocenters. The van der Waals surface area contributed by atoms with Gasteiger partial charge < -0.3 is 29.3 Å². The van der Waals surface area contributed by atoms with Crippen molar-refractivity contribution in [2.24, 2.45) is 4.99 Å². The van der Waals surface area contributed by atoms with E-state index in [0.717, 1.165) is 56.4 Å². The van der Waals surface area contributed by atoms with Gasteiger partial charge >= 0.3 is 0 Å². The van der Waals surface area contributed by atoms with Gasteiger partial charge in [0.25, 0.3) is 5.91 Å². The zero-order chi connectivity index (χ0) is 20.1. The number of carbonyl (C=O) groups is 1. The summed E-state index contributed by atoms with van der Waals surface area (Å²) in [6.07, 6.45) is 2.44. The first kappa shape index (κ1) is 22.9. The number of aliphatic imine (C=N–C) groups is 1. The van der Waals surface area contributed by atoms with E-state index in [1.165, 1.54) is 5.56 Å². The van der Waals surface area contributed by atoms with Crippen molar-refractivity contribution in [2.75, 3.05) is 52.7 Å². The highest BCUT2D eigenvalue weighted by Crippen LogP contribution is 2.32. The molecular formula is C21H31IN4O4. The fourth-order valence-electron chi connectivity index (χ4n) is 3.93. The summed E-state index contributed by atoms with van der Waals surface area (Å²) in [5, 5.41) is 3.38. The summed E-state index contributed by atoms with van der Waals surface area (Å²) in [6, 6.07) is 6.04. The van der Waals surface area contributed by atoms with Crippen molar-refractivity contribution >= 4 is 35.8 Å². The van der Waals surface area contributed by atoms with Gasteiger partial charge in [-0.3, -0.25) is 9.79 Å². The fourth-order valence-corrected chi connectivity index (χ4v) is 3.93. The normalized spacial score (nSPS) is 20.8. The number of benzene rings is 1. The van der Waals surface area contributed by atoms with Crippen LogP contribution in [0.5, 0.6) is 11.5 Å². The van der Waals surface area contributed by atoms with Crippen LogP contribution in [0.1, 0.15) is 25.3 Å². The molecule has 1 aromatic carbocycles. The summed E-state index contributed by atoms with van der Waals surface area (Å²) >= 11 is 0. The molecule has 2 fully saturated rings. The SMILES string of the molecule is CCNC(=NCCc1ccc2c(c1)OCO2)N1CCN(C(=O)C2CCCO2)CC1.I. The topological polar surface area (TPSA) is 75.6 Å². The maximum atomic E-state index is 12.5. The molecule has 0 saturated carbocycles. The van der Waals surface area contributed by atoms with Gasteiger partial charge in [0.2, 0.25) is 6.79 Å². The van der Waals surface area contributed by atoms with Crippen molar-refractivity contribution in [2.45, 2.75) is 32.3 Å². The summed E-state index contributed by atoms with van der Waals surface area (Å²) in [4.78, 5) is 21.5. The minimum absolute atomic E-state index is 0. The number of nitrogens with zero attached hydrogens (tertiary/aromatic N) is 3. The smallest absolute Gasteiger partial charge is 0.251 e. The molecule has 1 amide bonds. The molecule has 3 aliphatic heterocycles. The van der Waals surface area contributed by atoms with Gasteiger partial charge in [0, 0.05) is 45.9 Å². The van der Waals surface area contributed by atoms with Gasteiger partial charge in [0.1, 0.15) is 6.10 Å². The molecular weight excluding hydrogens is 499 g/mol. The minimum Gasteiger partial charge on any atom is -0.454 e. The zero-order valence-electron chi connectivity index (χ0n) is 17.5. The third-order valence-corrected chi connectivity index (χ3v) is 5.53. The van der Waals surface area contributed by atoms with Crippen LogP contribution in [0.25, 0.3) is 0 Å². The van der Waals surface area contributed by atoms with E-state index in [-0.39, 0.29) is 36.0 Å². The lowest BCUT2D eigenvalue weighted by Crippen LogP contribution is -2.55. The molecule has 0 aromatic heterocycles. The first-order chi connectivity index (χ1) is 14.2. The Balaban J connectivity index is 0.00000256. The number of halogens is 1. The van der Waals surface area contributed by atoms with Gasteiger partial charge in [-0.05, 0) is 43.9 Å². The van der Waals surface area contributed by atoms with Crippen molar-refractivity contribution in [1.29, 1.82) is 0 Å². The van der Waals surface area contributed by atoms with Crippen LogP contribution < -0.4 is 14.8 Å². The summed E-state index contributed by atoms with van der Waals surface area (Å²) in [5.74, 6) is 2.68. The number of piperazine rings is 1. The zero-order valence-corrected chi connectivity index (χ0v) is 19.8. The number of ether oxygens (including phenoxy) is 3. The van der Waals surface area contributed by atoms with Crippen molar-refractivity contribution < 1.29 is 19.0 Å². The number of rotatable bonds is 5. The summed E-state index contributed by atoms with van der Waals surface area (Å²) in [7, 11) is 0. The predicted octanol–water partition coefficient (Wildman–Crippen LogP) is 1.86. The van der Waals surface area contributed by atoms with Crippen molar-refractivity contribution in [3.8, 4) is 11.5 Å². The monoisotopic (exact) mass is 530 g/mol. The van der Waals surface area contributed by atoms with Gasteiger partial charge in [-0.2, -0.15) is 0 Å². The summed E-state index contributed by atoms with van der Waals surface area (Å²) in [6.45, 7) is 7.58. The third kappa shape index (κ3) is 5.48. The molecule has 0 aliphatic carbocycles. The Morgan fingerprint density at radius 2 is 1.93 bits per heavy atom. The second-order valence-electron chi connectivity index (χ2n) is 7.49. The minimum atomic E-state index is -0.231. The third-order valence-electron chi connectivity index (χ3n) is 5.53. The van der Waals surface area contributed by atoms with E-state index in [2.05, 4.69) is 23.2 Å². The van der Waals surface area contributed by atoms with Gasteiger partial charge in [0.05, 0.1) is 0 Å². The molecule has 30 heavy (non-hydrogen) atoms. The van der Waals surface area contributed by atoms with Crippen LogP contribution in [0.4, 0.5) is 0 Å². The number of hydrogen-bond acceptors (Lipinski definition) is 5. The number of fused-ring (bicyclic) bond motifs is 1. The average Bonchev–Trinajstić information content (AvgIpc) is 3.44. The molecule has 0 radical (unpaired) electrons. The van der Waals surface area contributed by atoms with E-state index >= 15 is 0 Å². The maximum Gasteiger partial charge on any atom is 0.251 e. The molecule has 1 N–H and O–H groups in total. The second-order valence-corrected chi connectivity index (χ2v) is 7.49. The lowest BCUT2D eigenvalue weighted by Gasteiger charge is -2.37. The predicted molar refractivity (Wildman–Crippen MR) is 125 cm³/mol. The van der Waals surface area contributed by atoms with Crippen molar-refractivity contribution in [3.05, 3.63) is 23.8 Å². The number of hydrogen-bond donors (Lipinski definition) is 1. The van der Waals surface area contributed by atoms with E-state index in [4.69, 9.17) is 19.2 Å². The van der Waals surface area contributed by atoms with Gasteiger partial charge in [-0.15, -0.1) is 24.0 Å². The molecule has 9 heteroatoms. The van der Waals surface area contributed by atoms with Crippen LogP contribution in [0.15, 0.2) is 23.2 Å². The Bertz CT molecular complexity index is 747. The van der Waals surface area contributed by atoms with Crippen LogP contribution in [0.3, 0.4) is 0 Å². The quantitative estimate of drug-likeness (QED) is 0.356. The largest absolute Gasteiger partial charge is 0.454 e. The lowest BCUT2D eigenvalue weighted by atomic mass is 10.1. The molecule has 1 unspecified atom stereocenters. The highest BCUT2D eigenvalue weighted by molar-refractivity contribution is 14.0. The molecule has 3 aliphatic rings. The Kier molecular flexibility index (Phi) is 8.43. The van der Waals surface area contributed by atoms with E-state index in [0.29, 0.717) is 33.0 Å². The first-order valence-corrected chi connectivity index (χ1v) is 10.6. The summed E-state index contributed by atoms with van der Waals surface area (Å²) in [5.41, 5.74) is 1.18. The molecule has 4 rings (SSSR count). The highest BCUT2D eigenvalue weighted by atomic mass is 127. The van der Waals surface area contributed by atoms with E-state index < -0.39 is 0 Å². The van der Waals surface area contributed by atoms with Crippen LogP contribution in [0.2, 0.25) is 0 Å². The van der Waals surface area contributed by atoms with Crippen LogP contribution >= 0.6 is 24.0 Å². The molecule has 0 spiro atoms. The van der Waals surface area contributed by atoms with E-state index in [1.54, 1.807) is 0 Å². The second kappa shape index (κ2) is 11.0. The van der Waals surface area contributed by atoms with Crippen molar-refractivity contribution in [3.63, 3.8) is 0 Å². The first-order valence-electron chi connectivity index (χ1n) is 10.6. The lowest BCUT2D eigenvalue weighted by molar-refractivity contribution is -0.142. The molecule has 3 heterocycles. The summed E-state index contributed by atoms with van der Waals surface area (Å²) < 4.78 is 16.4. The van der Waals surface area contributed by atoms with Gasteiger partial charge in [0.15, 0.2) is 17.5 Å². The molecule has 2 saturated heterocycles. The van der Waals surface area contributed by atoms with Crippen LogP contribution in [-0.4, -0.2) is 80.4 Å². The number of amides is 1. The fraction of sp³-hybridized carbons (Fsp3) is 0.619. The molecule has 166 valence electrons. The van der Waals surface area contributed by atoms with Crippen LogP contribution in [-0.2, 0) is 16.0 Å². The van der Waals surface area contributed by atoms with E-state index in [9.17, 15) is 4.79 Å². The molecule has 0 bridgehead atoms. The standard InChI is InChI=1S/C21H30N4O4.HI/c1-2-22-21(23-8-7-16-5-6-17-19(14-16)29-15-28-17)25-11-9-24(10-12-25)20(26)18-4-3-13-27-18;/h5-6,14,18H,2-4,7-13,15H2,1H3,(H,22,23);1H. The number of carbonyl (C=O) groups excluding carboxylic acids is 1. The Labute approximate surface area is 194 Å². The molecule has 1 aromatic rings. The maximum absolute atomic E-state index is 12.5. The Morgan fingerprint density at radius 3 is 2.67 bits per heavy atom. The highest BCUT2D eigenvalue weighted by Gasteiger charge is 2.30. The van der Waals surface area contributed by atoms with E-state index in [1.807, 2.05) is 17.0 Å². The van der Waals surface area contributed by atoms with Gasteiger partial charge in [-0.1, -0.05) is 6.07 Å². The molecule has 8 nitrogen and oxygen atoms in total. The van der Waals surface area contributed by atoms with Gasteiger partial charge in [-0.25, -0.2) is 0 Å². The number of guanidine groups is 1. The Morgan fingerprint density at radius 1 is 1.17 bits per heavy atom. The van der Waals surface area contributed by atoms with Crippen molar-refractivity contribution in [1.82, 2.24) is 15.1 Å². The van der Waals surface area contributed by atoms with Crippen LogP contribution in [0, 0.1) is 0 Å². The number of nitrogens with one attached hydrogen (secondary N) is 1. The Hall–Kier alpha value is -1.75.